The van der Waals surface area contributed by atoms with Crippen molar-refractivity contribution in [3.8, 4) is 0 Å². The van der Waals surface area contributed by atoms with Crippen LogP contribution in [-0.4, -0.2) is 35.2 Å². The van der Waals surface area contributed by atoms with Crippen molar-refractivity contribution < 1.29 is 4.74 Å². The summed E-state index contributed by atoms with van der Waals surface area (Å²) in [6.45, 7) is 6.82. The van der Waals surface area contributed by atoms with E-state index in [9.17, 15) is 0 Å². The lowest BCUT2D eigenvalue weighted by Crippen LogP contribution is -2.41. The van der Waals surface area contributed by atoms with Gasteiger partial charge in [0.15, 0.2) is 0 Å². The summed E-state index contributed by atoms with van der Waals surface area (Å²) in [7, 11) is 0. The van der Waals surface area contributed by atoms with Crippen LogP contribution in [0.3, 0.4) is 0 Å². The van der Waals surface area contributed by atoms with Crippen molar-refractivity contribution in [3.05, 3.63) is 5.82 Å². The van der Waals surface area contributed by atoms with E-state index in [1.165, 1.54) is 11.5 Å². The maximum Gasteiger partial charge on any atom is 0.205 e. The van der Waals surface area contributed by atoms with Crippen LogP contribution in [-0.2, 0) is 11.2 Å². The lowest BCUT2D eigenvalue weighted by atomic mass is 10.3. The van der Waals surface area contributed by atoms with Crippen LogP contribution in [0.4, 0.5) is 5.13 Å². The molecule has 1 saturated heterocycles. The lowest BCUT2D eigenvalue weighted by Gasteiger charge is -2.30. The predicted octanol–water partition coefficient (Wildman–Crippen LogP) is 1.33. The highest BCUT2D eigenvalue weighted by molar-refractivity contribution is 7.09. The Balaban J connectivity index is 2.06. The fourth-order valence-electron chi connectivity index (χ4n) is 1.51. The molecule has 78 valence electrons. The average molecular weight is 213 g/mol. The Kier molecular flexibility index (Phi) is 2.98. The molecule has 1 aliphatic heterocycles. The summed E-state index contributed by atoms with van der Waals surface area (Å²) >= 11 is 1.49. The molecular formula is C9H15N3OS. The van der Waals surface area contributed by atoms with Gasteiger partial charge in [-0.25, -0.2) is 4.98 Å². The fourth-order valence-corrected chi connectivity index (χ4v) is 2.29. The topological polar surface area (TPSA) is 38.2 Å². The highest BCUT2D eigenvalue weighted by Crippen LogP contribution is 2.19. The molecule has 2 rings (SSSR count). The molecule has 5 heteroatoms. The van der Waals surface area contributed by atoms with Gasteiger partial charge in [-0.15, -0.1) is 0 Å². The molecule has 14 heavy (non-hydrogen) atoms. The zero-order valence-corrected chi connectivity index (χ0v) is 9.38. The highest BCUT2D eigenvalue weighted by Gasteiger charge is 2.19. The Morgan fingerprint density at radius 2 is 2.50 bits per heavy atom. The zero-order valence-electron chi connectivity index (χ0n) is 8.56. The molecule has 1 fully saturated rings. The molecule has 0 N–H and O–H groups in total. The SMILES string of the molecule is CCc1nsc(N2CCO[C@H](C)C2)n1. The van der Waals surface area contributed by atoms with Crippen molar-refractivity contribution in [2.24, 2.45) is 0 Å². The van der Waals surface area contributed by atoms with E-state index in [0.29, 0.717) is 6.10 Å². The smallest absolute Gasteiger partial charge is 0.205 e. The molecule has 0 amide bonds. The van der Waals surface area contributed by atoms with Crippen LogP contribution in [0.5, 0.6) is 0 Å². The fraction of sp³-hybridized carbons (Fsp3) is 0.778. The van der Waals surface area contributed by atoms with E-state index in [1.807, 2.05) is 0 Å². The van der Waals surface area contributed by atoms with E-state index >= 15 is 0 Å². The molecular weight excluding hydrogens is 198 g/mol. The number of hydrogen-bond acceptors (Lipinski definition) is 5. The van der Waals surface area contributed by atoms with Gasteiger partial charge in [0.25, 0.3) is 0 Å². The van der Waals surface area contributed by atoms with Crippen molar-refractivity contribution >= 4 is 16.7 Å². The van der Waals surface area contributed by atoms with Gasteiger partial charge in [0, 0.05) is 31.0 Å². The first-order chi connectivity index (χ1) is 6.79. The number of aryl methyl sites for hydroxylation is 1. The number of rotatable bonds is 2. The third-order valence-corrected chi connectivity index (χ3v) is 3.10. The third kappa shape index (κ3) is 2.04. The van der Waals surface area contributed by atoms with Crippen LogP contribution in [0.1, 0.15) is 19.7 Å². The van der Waals surface area contributed by atoms with E-state index in [2.05, 4.69) is 28.1 Å². The standard InChI is InChI=1S/C9H15N3OS/c1-3-8-10-9(14-11-8)12-4-5-13-7(2)6-12/h7H,3-6H2,1-2H3/t7-/m1/s1. The maximum absolute atomic E-state index is 5.48. The number of hydrogen-bond donors (Lipinski definition) is 0. The summed E-state index contributed by atoms with van der Waals surface area (Å²) in [5.41, 5.74) is 0. The normalized spacial score (nSPS) is 22.7. The van der Waals surface area contributed by atoms with E-state index in [4.69, 9.17) is 4.74 Å². The quantitative estimate of drug-likeness (QED) is 0.743. The van der Waals surface area contributed by atoms with Gasteiger partial charge in [-0.2, -0.15) is 4.37 Å². The average Bonchev–Trinajstić information content (AvgIpc) is 2.66. The Labute approximate surface area is 88.1 Å². The molecule has 1 aromatic rings. The number of aromatic nitrogens is 2. The predicted molar refractivity (Wildman–Crippen MR) is 56.9 cm³/mol. The van der Waals surface area contributed by atoms with Crippen molar-refractivity contribution in [1.29, 1.82) is 0 Å². The summed E-state index contributed by atoms with van der Waals surface area (Å²) in [4.78, 5) is 6.72. The highest BCUT2D eigenvalue weighted by atomic mass is 32.1. The minimum Gasteiger partial charge on any atom is -0.375 e. The monoisotopic (exact) mass is 213 g/mol. The number of ether oxygens (including phenoxy) is 1. The van der Waals surface area contributed by atoms with Gasteiger partial charge in [0.2, 0.25) is 5.13 Å². The second kappa shape index (κ2) is 4.23. The summed E-state index contributed by atoms with van der Waals surface area (Å²) in [5, 5.41) is 1.04. The molecule has 0 saturated carbocycles. The van der Waals surface area contributed by atoms with E-state index in [0.717, 1.165) is 37.1 Å². The zero-order chi connectivity index (χ0) is 9.97. The van der Waals surface area contributed by atoms with Gasteiger partial charge in [0.05, 0.1) is 12.7 Å². The molecule has 0 spiro atoms. The van der Waals surface area contributed by atoms with Gasteiger partial charge >= 0.3 is 0 Å². The number of nitrogens with zero attached hydrogens (tertiary/aromatic N) is 3. The van der Waals surface area contributed by atoms with E-state index in [-0.39, 0.29) is 0 Å². The maximum atomic E-state index is 5.48. The Hall–Kier alpha value is -0.680. The summed E-state index contributed by atoms with van der Waals surface area (Å²) in [5.74, 6) is 0.948. The number of anilines is 1. The van der Waals surface area contributed by atoms with Gasteiger partial charge in [-0.1, -0.05) is 6.92 Å². The summed E-state index contributed by atoms with van der Waals surface area (Å²) < 4.78 is 9.76. The minimum absolute atomic E-state index is 0.303. The Morgan fingerprint density at radius 3 is 3.14 bits per heavy atom. The van der Waals surface area contributed by atoms with Crippen LogP contribution >= 0.6 is 11.5 Å². The molecule has 0 unspecified atom stereocenters. The van der Waals surface area contributed by atoms with Crippen LogP contribution in [0.15, 0.2) is 0 Å². The van der Waals surface area contributed by atoms with Crippen molar-refractivity contribution in [1.82, 2.24) is 9.36 Å². The van der Waals surface area contributed by atoms with Crippen molar-refractivity contribution in [3.63, 3.8) is 0 Å². The molecule has 1 aliphatic rings. The second-order valence-corrected chi connectivity index (χ2v) is 4.20. The first-order valence-electron chi connectivity index (χ1n) is 4.98. The first-order valence-corrected chi connectivity index (χ1v) is 5.76. The summed E-state index contributed by atoms with van der Waals surface area (Å²) in [6.07, 6.45) is 1.22. The molecule has 0 aliphatic carbocycles. The Bertz CT molecular complexity index is 302. The molecule has 0 bridgehead atoms. The minimum atomic E-state index is 0.303. The number of morpholine rings is 1. The van der Waals surface area contributed by atoms with Crippen molar-refractivity contribution in [2.75, 3.05) is 24.6 Å². The van der Waals surface area contributed by atoms with Crippen LogP contribution in [0.2, 0.25) is 0 Å². The molecule has 4 nitrogen and oxygen atoms in total. The molecule has 2 heterocycles. The van der Waals surface area contributed by atoms with Crippen molar-refractivity contribution in [2.45, 2.75) is 26.4 Å². The molecule has 1 aromatic heterocycles. The van der Waals surface area contributed by atoms with Gasteiger partial charge in [0.1, 0.15) is 5.82 Å². The van der Waals surface area contributed by atoms with Gasteiger partial charge in [-0.05, 0) is 6.92 Å². The second-order valence-electron chi connectivity index (χ2n) is 3.47. The van der Waals surface area contributed by atoms with E-state index in [1.54, 1.807) is 0 Å². The van der Waals surface area contributed by atoms with E-state index < -0.39 is 0 Å². The van der Waals surface area contributed by atoms with Crippen LogP contribution in [0.25, 0.3) is 0 Å². The lowest BCUT2D eigenvalue weighted by molar-refractivity contribution is 0.0532. The first kappa shape index (κ1) is 9.86. The Morgan fingerprint density at radius 1 is 1.64 bits per heavy atom. The largest absolute Gasteiger partial charge is 0.375 e. The third-order valence-electron chi connectivity index (χ3n) is 2.29. The van der Waals surface area contributed by atoms with Crippen LogP contribution in [0, 0.1) is 0 Å². The van der Waals surface area contributed by atoms with Crippen LogP contribution < -0.4 is 4.90 Å². The van der Waals surface area contributed by atoms with Gasteiger partial charge < -0.3 is 9.64 Å². The molecule has 0 aromatic carbocycles. The summed E-state index contributed by atoms with van der Waals surface area (Å²) in [6, 6.07) is 0. The van der Waals surface area contributed by atoms with Gasteiger partial charge in [-0.3, -0.25) is 0 Å². The molecule has 1 atom stereocenters. The molecule has 0 radical (unpaired) electrons.